The van der Waals surface area contributed by atoms with Gasteiger partial charge in [-0.3, -0.25) is 0 Å². The van der Waals surface area contributed by atoms with Crippen LogP contribution in [0.1, 0.15) is 19.4 Å². The van der Waals surface area contributed by atoms with E-state index in [1.807, 2.05) is 50.1 Å². The lowest BCUT2D eigenvalue weighted by atomic mass is 9.94. The molecule has 0 unspecified atom stereocenters. The highest BCUT2D eigenvalue weighted by Gasteiger charge is 2.37. The summed E-state index contributed by atoms with van der Waals surface area (Å²) >= 11 is 0. The maximum absolute atomic E-state index is 11.9. The van der Waals surface area contributed by atoms with Gasteiger partial charge < -0.3 is 4.90 Å². The molecule has 0 saturated heterocycles. The molecule has 2 rings (SSSR count). The molecule has 92 valence electrons. The molecule has 0 spiro atoms. The Labute approximate surface area is 103 Å². The Morgan fingerprint density at radius 3 is 2.35 bits per heavy atom. The van der Waals surface area contributed by atoms with E-state index in [9.17, 15) is 8.42 Å². The van der Waals surface area contributed by atoms with Crippen molar-refractivity contribution in [2.45, 2.75) is 19.4 Å². The van der Waals surface area contributed by atoms with E-state index in [4.69, 9.17) is 0 Å². The number of likely N-dealkylation sites (N-methyl/N-ethyl adjacent to an activating group) is 1. The number of hydrogen-bond acceptors (Lipinski definition) is 3. The first-order valence-corrected chi connectivity index (χ1v) is 7.39. The highest BCUT2D eigenvalue weighted by molar-refractivity contribution is 7.94. The van der Waals surface area contributed by atoms with Gasteiger partial charge in [-0.2, -0.15) is 0 Å². The molecule has 1 aliphatic rings. The Morgan fingerprint density at radius 2 is 1.76 bits per heavy atom. The predicted molar refractivity (Wildman–Crippen MR) is 71.7 cm³/mol. The fourth-order valence-electron chi connectivity index (χ4n) is 2.26. The third-order valence-electron chi connectivity index (χ3n) is 3.43. The lowest BCUT2D eigenvalue weighted by molar-refractivity contribution is 0.561. The third kappa shape index (κ3) is 1.86. The van der Waals surface area contributed by atoms with E-state index >= 15 is 0 Å². The second kappa shape index (κ2) is 3.60. The molecule has 1 aromatic rings. The molecular formula is C13H17NO2S. The maximum atomic E-state index is 11.9. The number of benzene rings is 1. The second-order valence-electron chi connectivity index (χ2n) is 4.96. The topological polar surface area (TPSA) is 37.4 Å². The Balaban J connectivity index is 2.74. The zero-order chi connectivity index (χ0) is 12.8. The van der Waals surface area contributed by atoms with Gasteiger partial charge in [0.2, 0.25) is 0 Å². The lowest BCUT2D eigenvalue weighted by Gasteiger charge is -2.42. The average Bonchev–Trinajstić information content (AvgIpc) is 2.22. The fraction of sp³-hybridized carbons (Fsp3) is 0.385. The summed E-state index contributed by atoms with van der Waals surface area (Å²) < 4.78 is 23.7. The molecule has 0 atom stereocenters. The van der Waals surface area contributed by atoms with Crippen LogP contribution in [-0.4, -0.2) is 27.3 Å². The number of para-hydroxylation sites is 1. The van der Waals surface area contributed by atoms with Crippen molar-refractivity contribution in [1.29, 1.82) is 0 Å². The van der Waals surface area contributed by atoms with Crippen LogP contribution in [0, 0.1) is 0 Å². The highest BCUT2D eigenvalue weighted by atomic mass is 32.2. The second-order valence-corrected chi connectivity index (χ2v) is 6.94. The molecule has 0 bridgehead atoms. The summed E-state index contributed by atoms with van der Waals surface area (Å²) in [5.74, 6) is 0. The first-order valence-electron chi connectivity index (χ1n) is 5.49. The van der Waals surface area contributed by atoms with E-state index in [1.165, 1.54) is 6.26 Å². The van der Waals surface area contributed by atoms with Crippen molar-refractivity contribution in [1.82, 2.24) is 0 Å². The summed E-state index contributed by atoms with van der Waals surface area (Å²) in [4.78, 5) is 2.48. The van der Waals surface area contributed by atoms with Gasteiger partial charge in [0.15, 0.2) is 9.84 Å². The van der Waals surface area contributed by atoms with Gasteiger partial charge in [0.05, 0.1) is 10.4 Å². The van der Waals surface area contributed by atoms with Crippen LogP contribution in [-0.2, 0) is 9.84 Å². The normalized spacial score (nSPS) is 18.6. The van der Waals surface area contributed by atoms with Crippen molar-refractivity contribution in [2.75, 3.05) is 18.2 Å². The van der Waals surface area contributed by atoms with Crippen molar-refractivity contribution in [3.05, 3.63) is 34.7 Å². The van der Waals surface area contributed by atoms with Gasteiger partial charge in [-0.15, -0.1) is 0 Å². The van der Waals surface area contributed by atoms with E-state index in [0.29, 0.717) is 4.91 Å². The number of rotatable bonds is 1. The fourth-order valence-corrected chi connectivity index (χ4v) is 3.65. The monoisotopic (exact) mass is 251 g/mol. The van der Waals surface area contributed by atoms with Crippen LogP contribution in [0.5, 0.6) is 0 Å². The summed E-state index contributed by atoms with van der Waals surface area (Å²) in [6.07, 6.45) is 3.05. The Morgan fingerprint density at radius 1 is 1.18 bits per heavy atom. The molecule has 0 saturated carbocycles. The SMILES string of the molecule is CN1c2ccccc2C=C(S(C)(=O)=O)C1(C)C. The summed E-state index contributed by atoms with van der Waals surface area (Å²) in [6, 6.07) is 7.82. The van der Waals surface area contributed by atoms with Gasteiger partial charge in [-0.1, -0.05) is 18.2 Å². The van der Waals surface area contributed by atoms with Gasteiger partial charge in [-0.25, -0.2) is 8.42 Å². The molecule has 0 fully saturated rings. The van der Waals surface area contributed by atoms with Crippen molar-refractivity contribution in [3.8, 4) is 0 Å². The average molecular weight is 251 g/mol. The summed E-state index contributed by atoms with van der Waals surface area (Å²) in [7, 11) is -1.26. The quantitative estimate of drug-likeness (QED) is 0.768. The third-order valence-corrected chi connectivity index (χ3v) is 4.84. The minimum atomic E-state index is -3.19. The highest BCUT2D eigenvalue weighted by Crippen LogP contribution is 2.39. The van der Waals surface area contributed by atoms with Gasteiger partial charge in [-0.05, 0) is 31.6 Å². The molecule has 4 heteroatoms. The van der Waals surface area contributed by atoms with Gasteiger partial charge in [0, 0.05) is 19.0 Å². The molecule has 0 N–H and O–H groups in total. The van der Waals surface area contributed by atoms with Crippen LogP contribution in [0.15, 0.2) is 29.2 Å². The molecule has 1 heterocycles. The number of nitrogens with zero attached hydrogens (tertiary/aromatic N) is 1. The van der Waals surface area contributed by atoms with Crippen molar-refractivity contribution >= 4 is 21.6 Å². The zero-order valence-electron chi connectivity index (χ0n) is 10.6. The Bertz CT molecular complexity index is 585. The molecule has 1 aliphatic heterocycles. The van der Waals surface area contributed by atoms with Gasteiger partial charge >= 0.3 is 0 Å². The van der Waals surface area contributed by atoms with E-state index in [0.717, 1.165) is 11.3 Å². The van der Waals surface area contributed by atoms with Crippen LogP contribution < -0.4 is 4.90 Å². The minimum absolute atomic E-state index is 0.464. The first kappa shape index (κ1) is 12.2. The smallest absolute Gasteiger partial charge is 0.174 e. The van der Waals surface area contributed by atoms with E-state index < -0.39 is 15.4 Å². The number of anilines is 1. The summed E-state index contributed by atoms with van der Waals surface area (Å²) in [5, 5.41) is 0. The molecule has 0 radical (unpaired) electrons. The van der Waals surface area contributed by atoms with Crippen LogP contribution >= 0.6 is 0 Å². The zero-order valence-corrected chi connectivity index (χ0v) is 11.4. The summed E-state index contributed by atoms with van der Waals surface area (Å²) in [5.41, 5.74) is 1.50. The van der Waals surface area contributed by atoms with Crippen molar-refractivity contribution < 1.29 is 8.42 Å². The molecule has 1 aromatic carbocycles. The maximum Gasteiger partial charge on any atom is 0.174 e. The first-order chi connectivity index (χ1) is 7.74. The Kier molecular flexibility index (Phi) is 2.58. The molecule has 0 amide bonds. The number of hydrogen-bond donors (Lipinski definition) is 0. The van der Waals surface area contributed by atoms with Gasteiger partial charge in [0.25, 0.3) is 0 Å². The van der Waals surface area contributed by atoms with Crippen LogP contribution in [0.4, 0.5) is 5.69 Å². The standard InChI is InChI=1S/C13H17NO2S/c1-13(2)12(17(4,15)16)9-10-7-5-6-8-11(10)14(13)3/h5-9H,1-4H3. The van der Waals surface area contributed by atoms with Crippen molar-refractivity contribution in [3.63, 3.8) is 0 Å². The van der Waals surface area contributed by atoms with E-state index in [2.05, 4.69) is 0 Å². The minimum Gasteiger partial charge on any atom is -0.364 e. The van der Waals surface area contributed by atoms with Crippen LogP contribution in [0.2, 0.25) is 0 Å². The van der Waals surface area contributed by atoms with Gasteiger partial charge in [0.1, 0.15) is 0 Å². The molecule has 0 aliphatic carbocycles. The molecular weight excluding hydrogens is 234 g/mol. The van der Waals surface area contributed by atoms with E-state index in [-0.39, 0.29) is 0 Å². The lowest BCUT2D eigenvalue weighted by Crippen LogP contribution is -2.46. The molecule has 0 aromatic heterocycles. The largest absolute Gasteiger partial charge is 0.364 e. The molecule has 3 nitrogen and oxygen atoms in total. The van der Waals surface area contributed by atoms with E-state index in [1.54, 1.807) is 6.08 Å². The number of fused-ring (bicyclic) bond motifs is 1. The Hall–Kier alpha value is -1.29. The van der Waals surface area contributed by atoms with Crippen molar-refractivity contribution in [2.24, 2.45) is 0 Å². The van der Waals surface area contributed by atoms with Crippen LogP contribution in [0.3, 0.4) is 0 Å². The van der Waals surface area contributed by atoms with Crippen LogP contribution in [0.25, 0.3) is 6.08 Å². The molecule has 17 heavy (non-hydrogen) atoms. The predicted octanol–water partition coefficient (Wildman–Crippen LogP) is 2.30. The number of sulfone groups is 1. The summed E-state index contributed by atoms with van der Waals surface area (Å²) in [6.45, 7) is 3.85.